The highest BCUT2D eigenvalue weighted by Gasteiger charge is 2.37. The van der Waals surface area contributed by atoms with Crippen LogP contribution in [0.3, 0.4) is 0 Å². The molecule has 332 valence electrons. The highest BCUT2D eigenvalue weighted by atomic mass is 16.5. The van der Waals surface area contributed by atoms with E-state index < -0.39 is 12.1 Å². The van der Waals surface area contributed by atoms with Crippen molar-refractivity contribution in [3.8, 4) is 28.1 Å². The molecule has 4 heterocycles. The summed E-state index contributed by atoms with van der Waals surface area (Å²) in [5.74, 6) is 1.79. The van der Waals surface area contributed by atoms with Crippen molar-refractivity contribution in [1.82, 2.24) is 45.7 Å². The van der Waals surface area contributed by atoms with Gasteiger partial charge in [-0.1, -0.05) is 75.7 Å². The molecule has 63 heavy (non-hydrogen) atoms. The number of aromatic amines is 2. The zero-order chi connectivity index (χ0) is 45.0. The quantitative estimate of drug-likeness (QED) is 0.0781. The van der Waals surface area contributed by atoms with Crippen molar-refractivity contribution in [2.75, 3.05) is 34.4 Å². The number of fused-ring (bicyclic) bond motifs is 6. The summed E-state index contributed by atoms with van der Waals surface area (Å²) >= 11 is 0. The number of hydrogen-bond donors (Lipinski definition) is 5. The summed E-state index contributed by atoms with van der Waals surface area (Å²) in [4.78, 5) is 70.2. The SMILES string of the molecule is CCC.CC[C@H](C)N(Cc1ncc(-c2ccc3c(c2)COc2cc4c(ccc5[nH]c(C6CCCN6C(=O)C(NC(=O)NC)c6ccccc6)nc54)cc2-3)[nH]1)C(=O)CNC=O.COC. The van der Waals surface area contributed by atoms with Crippen molar-refractivity contribution in [2.24, 2.45) is 0 Å². The third-order valence-electron chi connectivity index (χ3n) is 11.1. The number of nitrogens with one attached hydrogen (secondary N) is 5. The number of urea groups is 1. The minimum absolute atomic E-state index is 0.0191. The number of ether oxygens (including phenoxy) is 2. The maximum absolute atomic E-state index is 14.1. The lowest BCUT2D eigenvalue weighted by Gasteiger charge is -2.28. The van der Waals surface area contributed by atoms with Gasteiger partial charge in [-0.25, -0.2) is 14.8 Å². The number of carbonyl (C=O) groups excluding carboxylic acids is 4. The van der Waals surface area contributed by atoms with E-state index in [2.05, 4.69) is 85.9 Å². The van der Waals surface area contributed by atoms with Crippen LogP contribution in [0.2, 0.25) is 0 Å². The van der Waals surface area contributed by atoms with Crippen LogP contribution in [0, 0.1) is 0 Å². The molecule has 0 saturated carbocycles. The zero-order valence-electron chi connectivity index (χ0n) is 37.2. The van der Waals surface area contributed by atoms with E-state index in [9.17, 15) is 19.2 Å². The van der Waals surface area contributed by atoms with Gasteiger partial charge in [0, 0.05) is 44.8 Å². The van der Waals surface area contributed by atoms with Gasteiger partial charge in [-0.15, -0.1) is 0 Å². The predicted molar refractivity (Wildman–Crippen MR) is 245 cm³/mol. The number of nitrogens with zero attached hydrogens (tertiary/aromatic N) is 4. The highest BCUT2D eigenvalue weighted by molar-refractivity contribution is 6.07. The van der Waals surface area contributed by atoms with Crippen LogP contribution >= 0.6 is 0 Å². The smallest absolute Gasteiger partial charge is 0.315 e. The molecule has 2 aliphatic rings. The molecule has 2 aromatic heterocycles. The van der Waals surface area contributed by atoms with Crippen LogP contribution in [-0.2, 0) is 32.3 Å². The Labute approximate surface area is 368 Å². The standard InChI is InChI=1S/C43H45N9O5.C3H8.C2H6O/c1-4-25(2)52(38(54)21-45-24-53)22-37-46-20-34(47-37)28-12-14-30-29(17-28)23-57-36-19-31-27(18-32(30)36)13-15-33-40(31)49-41(48-33)35-11-8-16-51(35)42(55)39(50-43(56)44-3)26-9-6-5-7-10-26;2*1-3-2/h5-7,9-10,12-15,17-20,24-25,35,39H,4,8,11,16,21-23H2,1-3H3,(H,45,53)(H,46,47)(H,48,49)(H2,44,50,56);3H2,1-2H3;1-2H3/t25-,35?,39?;;/m0../s1. The van der Waals surface area contributed by atoms with E-state index in [0.29, 0.717) is 43.3 Å². The van der Waals surface area contributed by atoms with Gasteiger partial charge < -0.3 is 45.2 Å². The second-order valence-corrected chi connectivity index (χ2v) is 15.7. The first-order valence-electron chi connectivity index (χ1n) is 21.6. The third kappa shape index (κ3) is 10.3. The monoisotopic (exact) mass is 857 g/mol. The molecular formula is C48H59N9O6. The molecule has 4 aromatic carbocycles. The molecule has 0 radical (unpaired) electrons. The van der Waals surface area contributed by atoms with Crippen molar-refractivity contribution in [1.29, 1.82) is 0 Å². The Balaban J connectivity index is 0.00000104. The van der Waals surface area contributed by atoms with Gasteiger partial charge in [-0.3, -0.25) is 14.4 Å². The molecule has 0 bridgehead atoms. The fourth-order valence-electron chi connectivity index (χ4n) is 7.94. The van der Waals surface area contributed by atoms with Gasteiger partial charge in [-0.05, 0) is 78.1 Å². The first-order chi connectivity index (χ1) is 30.6. The summed E-state index contributed by atoms with van der Waals surface area (Å²) in [5.41, 5.74) is 7.29. The van der Waals surface area contributed by atoms with Crippen LogP contribution in [0.25, 0.3) is 44.2 Å². The summed E-state index contributed by atoms with van der Waals surface area (Å²) in [6.07, 6.45) is 5.89. The Morgan fingerprint density at radius 1 is 1.02 bits per heavy atom. The molecule has 2 unspecified atom stereocenters. The highest BCUT2D eigenvalue weighted by Crippen LogP contribution is 2.43. The van der Waals surface area contributed by atoms with Gasteiger partial charge in [0.05, 0.1) is 42.1 Å². The molecule has 5 N–H and O–H groups in total. The summed E-state index contributed by atoms with van der Waals surface area (Å²) in [7, 11) is 4.78. The number of benzene rings is 4. The predicted octanol–water partition coefficient (Wildman–Crippen LogP) is 7.55. The van der Waals surface area contributed by atoms with Gasteiger partial charge in [-0.2, -0.15) is 0 Å². The number of likely N-dealkylation sites (tertiary alicyclic amines) is 1. The lowest BCUT2D eigenvalue weighted by Crippen LogP contribution is -2.45. The first-order valence-corrected chi connectivity index (χ1v) is 21.6. The Morgan fingerprint density at radius 2 is 1.78 bits per heavy atom. The van der Waals surface area contributed by atoms with E-state index in [1.807, 2.05) is 55.1 Å². The maximum atomic E-state index is 14.1. The maximum Gasteiger partial charge on any atom is 0.315 e. The lowest BCUT2D eigenvalue weighted by molar-refractivity contribution is -0.134. The summed E-state index contributed by atoms with van der Waals surface area (Å²) in [6, 6.07) is 22.3. The Morgan fingerprint density at radius 3 is 2.49 bits per heavy atom. The zero-order valence-corrected chi connectivity index (χ0v) is 37.2. The number of amides is 5. The molecule has 15 heteroatoms. The van der Waals surface area contributed by atoms with Gasteiger partial charge in [0.15, 0.2) is 0 Å². The number of hydrogen-bond acceptors (Lipinski definition) is 8. The molecule has 3 atom stereocenters. The molecule has 8 rings (SSSR count). The molecular weight excluding hydrogens is 799 g/mol. The van der Waals surface area contributed by atoms with Gasteiger partial charge in [0.2, 0.25) is 18.2 Å². The topological polar surface area (TPSA) is 187 Å². The van der Waals surface area contributed by atoms with E-state index in [0.717, 1.165) is 74.8 Å². The number of methoxy groups -OCH3 is 1. The number of carbonyl (C=O) groups is 4. The van der Waals surface area contributed by atoms with Gasteiger partial charge in [0.1, 0.15) is 30.0 Å². The fraction of sp³-hybridized carbons (Fsp3) is 0.375. The first kappa shape index (κ1) is 45.8. The van der Waals surface area contributed by atoms with Crippen LogP contribution in [-0.4, -0.2) is 94.4 Å². The summed E-state index contributed by atoms with van der Waals surface area (Å²) in [5, 5.41) is 9.84. The second-order valence-electron chi connectivity index (χ2n) is 15.7. The number of imidazole rings is 2. The van der Waals surface area contributed by atoms with E-state index in [4.69, 9.17) is 9.72 Å². The minimum atomic E-state index is -0.836. The van der Waals surface area contributed by atoms with Crippen molar-refractivity contribution >= 4 is 46.1 Å². The van der Waals surface area contributed by atoms with E-state index in [-0.39, 0.29) is 30.4 Å². The molecule has 6 aromatic rings. The molecule has 0 spiro atoms. The van der Waals surface area contributed by atoms with Crippen LogP contribution in [0.4, 0.5) is 4.79 Å². The van der Waals surface area contributed by atoms with Gasteiger partial charge >= 0.3 is 6.03 Å². The number of aromatic nitrogens is 4. The Kier molecular flexibility index (Phi) is 15.5. The largest absolute Gasteiger partial charge is 0.488 e. The second kappa shape index (κ2) is 21.4. The molecule has 1 fully saturated rings. The van der Waals surface area contributed by atoms with Crippen molar-refractivity contribution in [3.63, 3.8) is 0 Å². The molecule has 2 aliphatic heterocycles. The molecule has 5 amide bonds. The van der Waals surface area contributed by atoms with Crippen molar-refractivity contribution in [3.05, 3.63) is 102 Å². The van der Waals surface area contributed by atoms with E-state index in [1.54, 1.807) is 25.3 Å². The normalized spacial score (nSPS) is 14.7. The van der Waals surface area contributed by atoms with Crippen molar-refractivity contribution in [2.45, 2.75) is 84.7 Å². The van der Waals surface area contributed by atoms with Crippen molar-refractivity contribution < 1.29 is 28.7 Å². The average Bonchev–Trinajstić information content (AvgIpc) is 4.09. The van der Waals surface area contributed by atoms with Crippen LogP contribution in [0.5, 0.6) is 5.75 Å². The van der Waals surface area contributed by atoms with Crippen LogP contribution in [0.15, 0.2) is 79.0 Å². The number of H-pyrrole nitrogens is 2. The molecule has 15 nitrogen and oxygen atoms in total. The van der Waals surface area contributed by atoms with Crippen LogP contribution in [0.1, 0.15) is 88.2 Å². The summed E-state index contributed by atoms with van der Waals surface area (Å²) in [6.45, 7) is 9.43. The average molecular weight is 858 g/mol. The van der Waals surface area contributed by atoms with Crippen LogP contribution < -0.4 is 20.7 Å². The van der Waals surface area contributed by atoms with Gasteiger partial charge in [0.25, 0.3) is 0 Å². The fourth-order valence-corrected chi connectivity index (χ4v) is 7.94. The van der Waals surface area contributed by atoms with E-state index in [1.165, 1.54) is 13.5 Å². The minimum Gasteiger partial charge on any atom is -0.488 e. The number of rotatable bonds is 12. The Hall–Kier alpha value is -6.74. The Bertz CT molecular complexity index is 2520. The van der Waals surface area contributed by atoms with E-state index >= 15 is 0 Å². The molecule has 1 saturated heterocycles. The molecule has 0 aliphatic carbocycles. The lowest BCUT2D eigenvalue weighted by atomic mass is 9.92. The third-order valence-corrected chi connectivity index (χ3v) is 11.1. The summed E-state index contributed by atoms with van der Waals surface area (Å²) < 4.78 is 10.6.